The van der Waals surface area contributed by atoms with Gasteiger partial charge in [-0.25, -0.2) is 14.8 Å². The van der Waals surface area contributed by atoms with E-state index in [1.165, 1.54) is 11.1 Å². The van der Waals surface area contributed by atoms with E-state index in [2.05, 4.69) is 61.2 Å². The smallest absolute Gasteiger partial charge is 0.264 e. The van der Waals surface area contributed by atoms with Crippen LogP contribution >= 0.6 is 0 Å². The second-order valence-corrected chi connectivity index (χ2v) is 18.2. The number of benzene rings is 10. The molecule has 0 aliphatic heterocycles. The second-order valence-electron chi connectivity index (χ2n) is 18.2. The van der Waals surface area contributed by atoms with Crippen LogP contribution in [0.3, 0.4) is 0 Å². The molecule has 0 atom stereocenters. The van der Waals surface area contributed by atoms with Crippen molar-refractivity contribution in [2.75, 3.05) is 0 Å². The van der Waals surface area contributed by atoms with E-state index < -0.39 is 0 Å². The predicted octanol–water partition coefficient (Wildman–Crippen LogP) is 14.7. The first kappa shape index (κ1) is 47.3. The average molecular weight is 977 g/mol. The lowest BCUT2D eigenvalue weighted by Crippen LogP contribution is -2.13. The van der Waals surface area contributed by atoms with Crippen LogP contribution in [0.15, 0.2) is 216 Å². The number of pyridine rings is 2. The summed E-state index contributed by atoms with van der Waals surface area (Å²) in [7, 11) is 0. The van der Waals surface area contributed by atoms with Gasteiger partial charge in [-0.1, -0.05) is 151 Å². The Morgan fingerprint density at radius 2 is 0.882 bits per heavy atom. The number of fused-ring (bicyclic) bond motifs is 8. The molecular formula is C66H40N8O2. The Balaban J connectivity index is 0.000000129. The molecule has 356 valence electrons. The molecule has 4 aromatic heterocycles. The molecule has 4 heterocycles. The van der Waals surface area contributed by atoms with Gasteiger partial charge in [-0.3, -0.25) is 18.4 Å². The molecule has 10 aromatic carbocycles. The summed E-state index contributed by atoms with van der Waals surface area (Å²) in [5.74, 6) is 0. The van der Waals surface area contributed by atoms with Crippen molar-refractivity contribution in [1.82, 2.24) is 18.8 Å². The molecule has 14 rings (SSSR count). The average Bonchev–Trinajstić information content (AvgIpc) is 4.25. The maximum atomic E-state index is 13.6. The molecule has 0 aliphatic rings. The lowest BCUT2D eigenvalue weighted by Gasteiger charge is -2.13. The summed E-state index contributed by atoms with van der Waals surface area (Å²) in [6, 6.07) is 72.0. The van der Waals surface area contributed by atoms with E-state index in [9.17, 15) is 25.4 Å². The van der Waals surface area contributed by atoms with Crippen LogP contribution in [0.1, 0.15) is 27.8 Å². The van der Waals surface area contributed by atoms with Gasteiger partial charge in [0.25, 0.3) is 11.1 Å². The van der Waals surface area contributed by atoms with Gasteiger partial charge in [0.1, 0.15) is 11.3 Å². The van der Waals surface area contributed by atoms with E-state index >= 15 is 0 Å². The van der Waals surface area contributed by atoms with E-state index in [-0.39, 0.29) is 11.1 Å². The van der Waals surface area contributed by atoms with Crippen molar-refractivity contribution in [3.05, 3.63) is 266 Å². The highest BCUT2D eigenvalue weighted by Crippen LogP contribution is 2.40. The Bertz CT molecular complexity index is 4710. The number of hydrogen-bond donors (Lipinski definition) is 0. The van der Waals surface area contributed by atoms with Gasteiger partial charge in [0.15, 0.2) is 5.69 Å². The van der Waals surface area contributed by atoms with Crippen LogP contribution < -0.4 is 11.1 Å². The summed E-state index contributed by atoms with van der Waals surface area (Å²) in [5, 5.41) is 34.6. The summed E-state index contributed by atoms with van der Waals surface area (Å²) >= 11 is 0. The number of aryl methyl sites for hydroxylation is 2. The fraction of sp³-hybridized carbons (Fsp3) is 0.0303. The first-order valence-corrected chi connectivity index (χ1v) is 24.3. The van der Waals surface area contributed by atoms with Crippen LogP contribution in [0.5, 0.6) is 0 Å². The van der Waals surface area contributed by atoms with Gasteiger partial charge in [0.2, 0.25) is 0 Å². The summed E-state index contributed by atoms with van der Waals surface area (Å²) in [6.07, 6.45) is 0. The van der Waals surface area contributed by atoms with Gasteiger partial charge in [-0.05, 0) is 103 Å². The number of rotatable bonds is 2. The Morgan fingerprint density at radius 1 is 0.434 bits per heavy atom. The molecule has 0 bridgehead atoms. The first-order valence-electron chi connectivity index (χ1n) is 24.3. The van der Waals surface area contributed by atoms with E-state index in [1.54, 1.807) is 57.3 Å². The third kappa shape index (κ3) is 8.27. The van der Waals surface area contributed by atoms with Crippen molar-refractivity contribution in [3.63, 3.8) is 0 Å². The number of aromatic nitrogens is 4. The topological polar surface area (TPSA) is 144 Å². The van der Waals surface area contributed by atoms with E-state index in [1.807, 2.05) is 133 Å². The van der Waals surface area contributed by atoms with E-state index in [4.69, 9.17) is 16.5 Å². The number of imidazole rings is 2. The standard InChI is InChI=1S/2C26H12N4O.2C7H8/c1-28-17-8-12-21-22(13-17)30-25(29-21)19-9-7-16(14-27)23-18(15-5-3-2-4-6-15)10-11-20(24(19)23)26(30)31;27-13-15-6-11-22-21(12-15)29-25-19-8-7-17(14-28)23-18(16-4-2-1-3-5-16)9-10-20(24(19)23)26(31)30(22)25;2*1-7-5-3-2-4-6-7/h2-13H;1-12H;2*2-6H,1H3. The summed E-state index contributed by atoms with van der Waals surface area (Å²) in [4.78, 5) is 40.0. The van der Waals surface area contributed by atoms with Gasteiger partial charge in [0.05, 0.1) is 63.5 Å². The zero-order chi connectivity index (χ0) is 52.5. The van der Waals surface area contributed by atoms with Crippen LogP contribution in [-0.4, -0.2) is 18.8 Å². The van der Waals surface area contributed by atoms with Crippen LogP contribution in [0.25, 0.3) is 104 Å². The molecule has 0 amide bonds. The fourth-order valence-corrected chi connectivity index (χ4v) is 9.99. The third-order valence-corrected chi connectivity index (χ3v) is 13.5. The molecule has 0 radical (unpaired) electrons. The van der Waals surface area contributed by atoms with Crippen molar-refractivity contribution >= 4 is 82.1 Å². The number of nitriles is 3. The predicted molar refractivity (Wildman–Crippen MR) is 304 cm³/mol. The minimum atomic E-state index is -0.202. The zero-order valence-electron chi connectivity index (χ0n) is 41.0. The van der Waals surface area contributed by atoms with Gasteiger partial charge >= 0.3 is 0 Å². The van der Waals surface area contributed by atoms with Gasteiger partial charge in [-0.2, -0.15) is 15.8 Å². The largest absolute Gasteiger partial charge is 0.268 e. The minimum absolute atomic E-state index is 0.186. The van der Waals surface area contributed by atoms with Crippen molar-refractivity contribution in [1.29, 1.82) is 15.8 Å². The van der Waals surface area contributed by atoms with Crippen LogP contribution in [0, 0.1) is 54.4 Å². The second kappa shape index (κ2) is 19.9. The number of nitrogens with zero attached hydrogens (tertiary/aromatic N) is 8. The monoisotopic (exact) mass is 976 g/mol. The normalized spacial score (nSPS) is 10.8. The first-order chi connectivity index (χ1) is 37.2. The molecule has 0 fully saturated rings. The van der Waals surface area contributed by atoms with Crippen molar-refractivity contribution in [2.24, 2.45) is 0 Å². The highest BCUT2D eigenvalue weighted by molar-refractivity contribution is 6.22. The molecule has 10 heteroatoms. The lowest BCUT2D eigenvalue weighted by atomic mass is 9.91. The molecular weight excluding hydrogens is 937 g/mol. The third-order valence-electron chi connectivity index (χ3n) is 13.5. The SMILES string of the molecule is Cc1ccccc1.Cc1ccccc1.N#Cc1ccc2c(c1)nc1c3ccc(C#N)c4c(-c5ccccc5)ccc(c(=O)n21)c43.[C-]#[N+]c1ccc2nc3c4ccc(C#N)c5c(-c6ccccc6)ccc(c(=O)n3c2c1)c54. The molecule has 0 unspecified atom stereocenters. The quantitative estimate of drug-likeness (QED) is 0.157. The molecule has 10 nitrogen and oxygen atoms in total. The number of hydrogen-bond acceptors (Lipinski definition) is 7. The highest BCUT2D eigenvalue weighted by atomic mass is 16.1. The molecule has 76 heavy (non-hydrogen) atoms. The van der Waals surface area contributed by atoms with Crippen molar-refractivity contribution in [2.45, 2.75) is 13.8 Å². The molecule has 14 aromatic rings. The van der Waals surface area contributed by atoms with E-state index in [0.29, 0.717) is 66.5 Å². The maximum absolute atomic E-state index is 13.6. The Morgan fingerprint density at radius 3 is 1.32 bits per heavy atom. The molecule has 0 saturated carbocycles. The Kier molecular flexibility index (Phi) is 12.4. The summed E-state index contributed by atoms with van der Waals surface area (Å²) in [6.45, 7) is 11.5. The molecule has 0 aliphatic carbocycles. The van der Waals surface area contributed by atoms with Crippen molar-refractivity contribution in [3.8, 4) is 40.5 Å². The lowest BCUT2D eigenvalue weighted by molar-refractivity contribution is 1.19. The van der Waals surface area contributed by atoms with Crippen LogP contribution in [0.2, 0.25) is 0 Å². The maximum Gasteiger partial charge on any atom is 0.264 e. The van der Waals surface area contributed by atoms with Gasteiger partial charge in [-0.15, -0.1) is 0 Å². The van der Waals surface area contributed by atoms with Gasteiger partial charge in [0, 0.05) is 43.1 Å². The highest BCUT2D eigenvalue weighted by Gasteiger charge is 2.22. The van der Waals surface area contributed by atoms with Crippen molar-refractivity contribution < 1.29 is 0 Å². The molecule has 0 spiro atoms. The van der Waals surface area contributed by atoms with E-state index in [0.717, 1.165) is 54.6 Å². The van der Waals surface area contributed by atoms with Crippen LogP contribution in [-0.2, 0) is 0 Å². The summed E-state index contributed by atoms with van der Waals surface area (Å²) < 4.78 is 3.18. The zero-order valence-corrected chi connectivity index (χ0v) is 41.0. The Hall–Kier alpha value is -11.0. The molecule has 0 saturated heterocycles. The Labute approximate surface area is 435 Å². The van der Waals surface area contributed by atoms with Crippen LogP contribution in [0.4, 0.5) is 5.69 Å². The van der Waals surface area contributed by atoms with Gasteiger partial charge < -0.3 is 0 Å². The fourth-order valence-electron chi connectivity index (χ4n) is 9.99. The molecule has 0 N–H and O–H groups in total. The summed E-state index contributed by atoms with van der Waals surface area (Å²) in [5.41, 5.74) is 11.6. The minimum Gasteiger partial charge on any atom is -0.268 e.